The summed E-state index contributed by atoms with van der Waals surface area (Å²) in [5, 5.41) is 12.3. The second-order valence-electron chi connectivity index (χ2n) is 6.97. The molecule has 0 bridgehead atoms. The zero-order valence-electron chi connectivity index (χ0n) is 15.3. The lowest BCUT2D eigenvalue weighted by Crippen LogP contribution is -2.35. The highest BCUT2D eigenvalue weighted by Crippen LogP contribution is 2.27. The van der Waals surface area contributed by atoms with E-state index in [2.05, 4.69) is 37.8 Å². The van der Waals surface area contributed by atoms with Gasteiger partial charge in [0.15, 0.2) is 5.16 Å². The molecular formula is C18H27N5O2S. The fraction of sp³-hybridized carbons (Fsp3) is 0.722. The van der Waals surface area contributed by atoms with Crippen molar-refractivity contribution < 1.29 is 9.53 Å². The molecule has 0 spiro atoms. The number of thioether (sulfide) groups is 1. The van der Waals surface area contributed by atoms with E-state index in [9.17, 15) is 4.79 Å². The lowest BCUT2D eigenvalue weighted by molar-refractivity contribution is -0.118. The molecule has 2 aliphatic heterocycles. The second kappa shape index (κ2) is 9.28. The van der Waals surface area contributed by atoms with Gasteiger partial charge in [-0.3, -0.25) is 9.36 Å². The Hall–Kier alpha value is -1.72. The smallest absolute Gasteiger partial charge is 0.231 e. The second-order valence-corrected chi connectivity index (χ2v) is 7.91. The van der Waals surface area contributed by atoms with E-state index in [4.69, 9.17) is 11.2 Å². The number of ether oxygens (including phenoxy) is 1. The van der Waals surface area contributed by atoms with Crippen LogP contribution in [0.5, 0.6) is 0 Å². The monoisotopic (exact) mass is 377 g/mol. The van der Waals surface area contributed by atoms with Gasteiger partial charge < -0.3 is 15.0 Å². The van der Waals surface area contributed by atoms with Crippen LogP contribution in [0.25, 0.3) is 0 Å². The predicted octanol–water partition coefficient (Wildman–Crippen LogP) is 1.53. The van der Waals surface area contributed by atoms with E-state index in [1.165, 1.54) is 24.6 Å². The maximum absolute atomic E-state index is 11.9. The standard InChI is InChI=1S/C18H27N5O2S/c1-3-8-19-16(24)13-26-18-21-20-17(22-9-6-14(2)7-10-22)23(18)12-15-5-4-11-25-15/h1,14-15H,4-13H2,2H3,(H,19,24)/t15-/m0/s1. The SMILES string of the molecule is C#CCNC(=O)CSc1nnc(N2CCC(C)CC2)n1C[C@@H]1CCCO1. The first-order chi connectivity index (χ1) is 12.7. The van der Waals surface area contributed by atoms with Gasteiger partial charge in [-0.15, -0.1) is 16.6 Å². The van der Waals surface area contributed by atoms with Gasteiger partial charge in [0.05, 0.1) is 24.9 Å². The molecule has 1 amide bonds. The van der Waals surface area contributed by atoms with Crippen LogP contribution in [-0.2, 0) is 16.1 Å². The molecule has 26 heavy (non-hydrogen) atoms. The fourth-order valence-electron chi connectivity index (χ4n) is 3.31. The molecule has 2 aliphatic rings. The highest BCUT2D eigenvalue weighted by atomic mass is 32.2. The van der Waals surface area contributed by atoms with Crippen LogP contribution in [0.3, 0.4) is 0 Å². The zero-order chi connectivity index (χ0) is 18.4. The summed E-state index contributed by atoms with van der Waals surface area (Å²) in [6.07, 6.45) is 9.87. The topological polar surface area (TPSA) is 72.3 Å². The molecule has 3 heterocycles. The van der Waals surface area contributed by atoms with E-state index >= 15 is 0 Å². The number of terminal acetylenes is 1. The molecular weight excluding hydrogens is 350 g/mol. The van der Waals surface area contributed by atoms with Gasteiger partial charge in [0.2, 0.25) is 11.9 Å². The fourth-order valence-corrected chi connectivity index (χ4v) is 4.09. The summed E-state index contributed by atoms with van der Waals surface area (Å²) in [5.41, 5.74) is 0. The van der Waals surface area contributed by atoms with Crippen molar-refractivity contribution in [2.75, 3.05) is 36.9 Å². The third kappa shape index (κ3) is 4.92. The van der Waals surface area contributed by atoms with Crippen LogP contribution in [0.2, 0.25) is 0 Å². The number of piperidine rings is 1. The molecule has 1 N–H and O–H groups in total. The van der Waals surface area contributed by atoms with Crippen LogP contribution in [0.15, 0.2) is 5.16 Å². The molecule has 0 aliphatic carbocycles. The summed E-state index contributed by atoms with van der Waals surface area (Å²) in [6, 6.07) is 0. The van der Waals surface area contributed by atoms with Gasteiger partial charge in [-0.25, -0.2) is 0 Å². The lowest BCUT2D eigenvalue weighted by atomic mass is 10.00. The number of hydrogen-bond donors (Lipinski definition) is 1. The Labute approximate surface area is 159 Å². The number of aromatic nitrogens is 3. The number of nitrogens with one attached hydrogen (secondary N) is 1. The van der Waals surface area contributed by atoms with Crippen LogP contribution in [0.4, 0.5) is 5.95 Å². The third-order valence-corrected chi connectivity index (χ3v) is 5.86. The van der Waals surface area contributed by atoms with Crippen molar-refractivity contribution in [3.05, 3.63) is 0 Å². The number of hydrogen-bond acceptors (Lipinski definition) is 6. The number of rotatable bonds is 7. The number of carbonyl (C=O) groups excluding carboxylic acids is 1. The molecule has 1 aromatic heterocycles. The van der Waals surface area contributed by atoms with Crippen molar-refractivity contribution in [2.24, 2.45) is 5.92 Å². The maximum Gasteiger partial charge on any atom is 0.231 e. The quantitative estimate of drug-likeness (QED) is 0.574. The molecule has 1 aromatic rings. The van der Waals surface area contributed by atoms with Crippen LogP contribution >= 0.6 is 11.8 Å². The molecule has 3 rings (SSSR count). The molecule has 0 unspecified atom stereocenters. The molecule has 0 aromatic carbocycles. The van der Waals surface area contributed by atoms with Gasteiger partial charge in [-0.2, -0.15) is 0 Å². The highest BCUT2D eigenvalue weighted by Gasteiger charge is 2.26. The number of carbonyl (C=O) groups is 1. The van der Waals surface area contributed by atoms with Crippen LogP contribution in [0.1, 0.15) is 32.6 Å². The average Bonchev–Trinajstić information content (AvgIpc) is 3.29. The summed E-state index contributed by atoms with van der Waals surface area (Å²) in [4.78, 5) is 14.2. The van der Waals surface area contributed by atoms with E-state index < -0.39 is 0 Å². The van der Waals surface area contributed by atoms with Gasteiger partial charge in [-0.05, 0) is 31.6 Å². The largest absolute Gasteiger partial charge is 0.376 e. The van der Waals surface area contributed by atoms with E-state index in [0.717, 1.165) is 56.1 Å². The summed E-state index contributed by atoms with van der Waals surface area (Å²) in [6.45, 7) is 6.10. The van der Waals surface area contributed by atoms with Crippen molar-refractivity contribution >= 4 is 23.6 Å². The molecule has 7 nitrogen and oxygen atoms in total. The minimum atomic E-state index is -0.0898. The van der Waals surface area contributed by atoms with Crippen molar-refractivity contribution in [1.29, 1.82) is 0 Å². The zero-order valence-corrected chi connectivity index (χ0v) is 16.1. The van der Waals surface area contributed by atoms with Gasteiger partial charge >= 0.3 is 0 Å². The van der Waals surface area contributed by atoms with Crippen LogP contribution in [0, 0.1) is 18.3 Å². The Morgan fingerprint density at radius 1 is 1.38 bits per heavy atom. The molecule has 2 saturated heterocycles. The van der Waals surface area contributed by atoms with E-state index in [0.29, 0.717) is 0 Å². The Morgan fingerprint density at radius 2 is 2.19 bits per heavy atom. The van der Waals surface area contributed by atoms with Crippen molar-refractivity contribution in [2.45, 2.75) is 50.4 Å². The van der Waals surface area contributed by atoms with Crippen molar-refractivity contribution in [3.8, 4) is 12.3 Å². The van der Waals surface area contributed by atoms with Gasteiger partial charge in [0.1, 0.15) is 0 Å². The number of anilines is 1. The van der Waals surface area contributed by atoms with Crippen LogP contribution in [-0.4, -0.2) is 58.8 Å². The van der Waals surface area contributed by atoms with E-state index in [1.54, 1.807) is 0 Å². The molecule has 0 radical (unpaired) electrons. The molecule has 2 fully saturated rings. The summed E-state index contributed by atoms with van der Waals surface area (Å²) >= 11 is 1.40. The predicted molar refractivity (Wildman–Crippen MR) is 102 cm³/mol. The third-order valence-electron chi connectivity index (χ3n) is 4.89. The molecule has 0 saturated carbocycles. The van der Waals surface area contributed by atoms with E-state index in [-0.39, 0.29) is 24.3 Å². The minimum absolute atomic E-state index is 0.0898. The minimum Gasteiger partial charge on any atom is -0.376 e. The number of nitrogens with zero attached hydrogens (tertiary/aromatic N) is 4. The summed E-state index contributed by atoms with van der Waals surface area (Å²) in [5.74, 6) is 4.26. The van der Waals surface area contributed by atoms with Gasteiger partial charge in [0.25, 0.3) is 0 Å². The average molecular weight is 378 g/mol. The van der Waals surface area contributed by atoms with E-state index in [1.807, 2.05) is 0 Å². The Balaban J connectivity index is 1.70. The molecule has 8 heteroatoms. The Kier molecular flexibility index (Phi) is 6.80. The van der Waals surface area contributed by atoms with Crippen molar-refractivity contribution in [1.82, 2.24) is 20.1 Å². The van der Waals surface area contributed by atoms with Gasteiger partial charge in [-0.1, -0.05) is 24.6 Å². The summed E-state index contributed by atoms with van der Waals surface area (Å²) in [7, 11) is 0. The molecule has 142 valence electrons. The van der Waals surface area contributed by atoms with Gasteiger partial charge in [0, 0.05) is 19.7 Å². The first-order valence-corrected chi connectivity index (χ1v) is 10.3. The Bertz CT molecular complexity index is 642. The van der Waals surface area contributed by atoms with Crippen LogP contribution < -0.4 is 10.2 Å². The molecule has 1 atom stereocenters. The Morgan fingerprint density at radius 3 is 2.88 bits per heavy atom. The highest BCUT2D eigenvalue weighted by molar-refractivity contribution is 7.99. The summed E-state index contributed by atoms with van der Waals surface area (Å²) < 4.78 is 7.94. The first kappa shape index (κ1) is 19.1. The maximum atomic E-state index is 11.9. The number of amides is 1. The lowest BCUT2D eigenvalue weighted by Gasteiger charge is -2.31. The van der Waals surface area contributed by atoms with Crippen molar-refractivity contribution in [3.63, 3.8) is 0 Å². The first-order valence-electron chi connectivity index (χ1n) is 9.30. The normalized spacial score (nSPS) is 20.9.